The lowest BCUT2D eigenvalue weighted by Gasteiger charge is -2.32. The average Bonchev–Trinajstić information content (AvgIpc) is 2.29. The van der Waals surface area contributed by atoms with E-state index in [0.29, 0.717) is 5.92 Å². The fourth-order valence-electron chi connectivity index (χ4n) is 2.32. The third-order valence-electron chi connectivity index (χ3n) is 3.35. The summed E-state index contributed by atoms with van der Waals surface area (Å²) in [6.45, 7) is 8.03. The third-order valence-corrected chi connectivity index (χ3v) is 3.35. The van der Waals surface area contributed by atoms with E-state index in [2.05, 4.69) is 12.2 Å². The minimum Gasteiger partial charge on any atom is -0.343 e. The topological polar surface area (TPSA) is 32.3 Å². The van der Waals surface area contributed by atoms with Crippen LogP contribution in [0.2, 0.25) is 0 Å². The number of likely N-dealkylation sites (tertiary alicyclic amines) is 1. The molecule has 1 saturated heterocycles. The van der Waals surface area contributed by atoms with Crippen LogP contribution in [0, 0.1) is 5.92 Å². The van der Waals surface area contributed by atoms with Crippen LogP contribution in [-0.2, 0) is 4.79 Å². The van der Waals surface area contributed by atoms with Gasteiger partial charge in [-0.1, -0.05) is 19.8 Å². The molecule has 0 aromatic heterocycles. The summed E-state index contributed by atoms with van der Waals surface area (Å²) in [6.07, 6.45) is 6.31. The Labute approximate surface area is 99.6 Å². The molecule has 1 aliphatic heterocycles. The van der Waals surface area contributed by atoms with E-state index in [1.54, 1.807) is 6.92 Å². The Morgan fingerprint density at radius 3 is 2.94 bits per heavy atom. The summed E-state index contributed by atoms with van der Waals surface area (Å²) in [5, 5.41) is 3.51. The number of hydrogen-bond donors (Lipinski definition) is 1. The molecule has 94 valence electrons. The van der Waals surface area contributed by atoms with Crippen molar-refractivity contribution in [3.63, 3.8) is 0 Å². The zero-order valence-electron chi connectivity index (χ0n) is 10.8. The Morgan fingerprint density at radius 1 is 1.44 bits per heavy atom. The highest BCUT2D eigenvalue weighted by Crippen LogP contribution is 2.15. The van der Waals surface area contributed by atoms with Crippen LogP contribution in [0.25, 0.3) is 0 Å². The summed E-state index contributed by atoms with van der Waals surface area (Å²) in [5.74, 6) is 0.898. The number of nitrogens with zero attached hydrogens (tertiary/aromatic N) is 1. The van der Waals surface area contributed by atoms with Gasteiger partial charge in [-0.05, 0) is 38.3 Å². The van der Waals surface area contributed by atoms with Crippen LogP contribution >= 0.6 is 0 Å². The van der Waals surface area contributed by atoms with Crippen LogP contribution in [-0.4, -0.2) is 37.0 Å². The Kier molecular flexibility index (Phi) is 6.46. The minimum absolute atomic E-state index is 0.232. The van der Waals surface area contributed by atoms with Gasteiger partial charge in [0.15, 0.2) is 0 Å². The second-order valence-electron chi connectivity index (χ2n) is 4.88. The first-order valence-electron chi connectivity index (χ1n) is 6.70. The molecule has 1 rings (SSSR count). The summed E-state index contributed by atoms with van der Waals surface area (Å²) in [5.41, 5.74) is 0. The van der Waals surface area contributed by atoms with E-state index in [-0.39, 0.29) is 5.91 Å². The van der Waals surface area contributed by atoms with E-state index >= 15 is 0 Å². The maximum atomic E-state index is 11.3. The molecule has 0 saturated carbocycles. The molecule has 0 spiro atoms. The zero-order valence-corrected chi connectivity index (χ0v) is 10.8. The predicted octanol–water partition coefficient (Wildman–Crippen LogP) is 2.02. The maximum absolute atomic E-state index is 11.3. The molecular formula is C13H26N2O. The van der Waals surface area contributed by atoms with Gasteiger partial charge >= 0.3 is 0 Å². The van der Waals surface area contributed by atoms with Crippen LogP contribution in [0.15, 0.2) is 0 Å². The predicted molar refractivity (Wildman–Crippen MR) is 67.4 cm³/mol. The van der Waals surface area contributed by atoms with Gasteiger partial charge in [-0.25, -0.2) is 0 Å². The lowest BCUT2D eigenvalue weighted by molar-refractivity contribution is -0.130. The van der Waals surface area contributed by atoms with Crippen molar-refractivity contribution < 1.29 is 4.79 Å². The normalized spacial score (nSPS) is 21.1. The molecule has 0 aromatic carbocycles. The van der Waals surface area contributed by atoms with E-state index in [4.69, 9.17) is 0 Å². The van der Waals surface area contributed by atoms with Crippen molar-refractivity contribution >= 4 is 5.91 Å². The molecule has 0 aromatic rings. The van der Waals surface area contributed by atoms with Crippen molar-refractivity contribution in [1.82, 2.24) is 10.2 Å². The van der Waals surface area contributed by atoms with Crippen molar-refractivity contribution in [3.05, 3.63) is 0 Å². The van der Waals surface area contributed by atoms with Gasteiger partial charge in [0.25, 0.3) is 0 Å². The number of piperidine rings is 1. The van der Waals surface area contributed by atoms with E-state index in [1.165, 1.54) is 32.1 Å². The van der Waals surface area contributed by atoms with Gasteiger partial charge in [-0.3, -0.25) is 4.79 Å². The molecule has 1 unspecified atom stereocenters. The van der Waals surface area contributed by atoms with Crippen LogP contribution < -0.4 is 5.32 Å². The van der Waals surface area contributed by atoms with Gasteiger partial charge in [0, 0.05) is 20.0 Å². The molecule has 0 radical (unpaired) electrons. The number of rotatable bonds is 6. The summed E-state index contributed by atoms with van der Waals surface area (Å²) in [4.78, 5) is 13.3. The van der Waals surface area contributed by atoms with Gasteiger partial charge in [-0.15, -0.1) is 0 Å². The van der Waals surface area contributed by atoms with E-state index in [9.17, 15) is 4.79 Å². The quantitative estimate of drug-likeness (QED) is 0.703. The fraction of sp³-hybridized carbons (Fsp3) is 0.923. The molecule has 3 nitrogen and oxygen atoms in total. The maximum Gasteiger partial charge on any atom is 0.219 e. The van der Waals surface area contributed by atoms with Gasteiger partial charge in [-0.2, -0.15) is 0 Å². The molecule has 1 aliphatic rings. The lowest BCUT2D eigenvalue weighted by atomic mass is 9.98. The molecule has 16 heavy (non-hydrogen) atoms. The van der Waals surface area contributed by atoms with Crippen LogP contribution in [0.1, 0.15) is 46.0 Å². The first-order chi connectivity index (χ1) is 7.74. The highest BCUT2D eigenvalue weighted by molar-refractivity contribution is 5.73. The number of hydrogen-bond acceptors (Lipinski definition) is 2. The molecule has 0 bridgehead atoms. The molecule has 1 heterocycles. The highest BCUT2D eigenvalue weighted by Gasteiger charge is 2.20. The van der Waals surface area contributed by atoms with Crippen molar-refractivity contribution in [1.29, 1.82) is 0 Å². The standard InChI is InChI=1S/C13H26N2O/c1-3-4-5-8-14-10-13-7-6-9-15(11-13)12(2)16/h13-14H,3-11H2,1-2H3. The second kappa shape index (κ2) is 7.66. The number of unbranched alkanes of at least 4 members (excludes halogenated alkanes) is 2. The average molecular weight is 226 g/mol. The van der Waals surface area contributed by atoms with Crippen LogP contribution in [0.4, 0.5) is 0 Å². The minimum atomic E-state index is 0.232. The van der Waals surface area contributed by atoms with Crippen molar-refractivity contribution in [2.45, 2.75) is 46.0 Å². The van der Waals surface area contributed by atoms with E-state index in [1.807, 2.05) is 4.90 Å². The van der Waals surface area contributed by atoms with Crippen molar-refractivity contribution in [2.24, 2.45) is 5.92 Å². The number of carbonyl (C=O) groups excluding carboxylic acids is 1. The first kappa shape index (κ1) is 13.5. The molecule has 1 atom stereocenters. The van der Waals surface area contributed by atoms with Gasteiger partial charge in [0.1, 0.15) is 0 Å². The first-order valence-corrected chi connectivity index (χ1v) is 6.70. The van der Waals surface area contributed by atoms with Crippen LogP contribution in [0.5, 0.6) is 0 Å². The number of carbonyl (C=O) groups is 1. The second-order valence-corrected chi connectivity index (χ2v) is 4.88. The molecule has 0 aliphatic carbocycles. The lowest BCUT2D eigenvalue weighted by Crippen LogP contribution is -2.42. The number of nitrogens with one attached hydrogen (secondary N) is 1. The summed E-state index contributed by atoms with van der Waals surface area (Å²) >= 11 is 0. The highest BCUT2D eigenvalue weighted by atomic mass is 16.2. The zero-order chi connectivity index (χ0) is 11.8. The number of amides is 1. The molecule has 3 heteroatoms. The summed E-state index contributed by atoms with van der Waals surface area (Å²) < 4.78 is 0. The Bertz CT molecular complexity index is 206. The molecular weight excluding hydrogens is 200 g/mol. The smallest absolute Gasteiger partial charge is 0.219 e. The van der Waals surface area contributed by atoms with E-state index in [0.717, 1.165) is 26.2 Å². The van der Waals surface area contributed by atoms with Gasteiger partial charge in [0.05, 0.1) is 0 Å². The van der Waals surface area contributed by atoms with Crippen molar-refractivity contribution in [2.75, 3.05) is 26.2 Å². The molecule has 1 amide bonds. The van der Waals surface area contributed by atoms with Crippen molar-refractivity contribution in [3.8, 4) is 0 Å². The molecule has 1 fully saturated rings. The fourth-order valence-corrected chi connectivity index (χ4v) is 2.32. The Morgan fingerprint density at radius 2 is 2.25 bits per heavy atom. The summed E-state index contributed by atoms with van der Waals surface area (Å²) in [7, 11) is 0. The molecule has 1 N–H and O–H groups in total. The largest absolute Gasteiger partial charge is 0.343 e. The third kappa shape index (κ3) is 4.97. The van der Waals surface area contributed by atoms with E-state index < -0.39 is 0 Å². The SMILES string of the molecule is CCCCCNCC1CCCN(C(C)=O)C1. The Balaban J connectivity index is 2.10. The van der Waals surface area contributed by atoms with Gasteiger partial charge < -0.3 is 10.2 Å². The summed E-state index contributed by atoms with van der Waals surface area (Å²) in [6, 6.07) is 0. The monoisotopic (exact) mass is 226 g/mol. The van der Waals surface area contributed by atoms with Crippen LogP contribution in [0.3, 0.4) is 0 Å². The van der Waals surface area contributed by atoms with Gasteiger partial charge in [0.2, 0.25) is 5.91 Å². The Hall–Kier alpha value is -0.570.